The van der Waals surface area contributed by atoms with Gasteiger partial charge in [-0.25, -0.2) is 0 Å². The Hall–Kier alpha value is -1.40. The van der Waals surface area contributed by atoms with Crippen LogP contribution in [0.25, 0.3) is 0 Å². The fourth-order valence-corrected chi connectivity index (χ4v) is 3.67. The van der Waals surface area contributed by atoms with E-state index in [1.165, 1.54) is 0 Å². The second-order valence-corrected chi connectivity index (χ2v) is 6.71. The molecule has 0 N–H and O–H groups in total. The molecule has 1 saturated heterocycles. The van der Waals surface area contributed by atoms with Crippen molar-refractivity contribution in [3.8, 4) is 11.5 Å². The number of amides is 1. The van der Waals surface area contributed by atoms with Crippen LogP contribution in [-0.4, -0.2) is 60.2 Å². The monoisotopic (exact) mass is 322 g/mol. The van der Waals surface area contributed by atoms with Gasteiger partial charge in [-0.05, 0) is 24.6 Å². The Bertz CT molecular complexity index is 532. The van der Waals surface area contributed by atoms with E-state index in [0.29, 0.717) is 13.1 Å². The molecule has 3 rings (SSSR count). The Kier molecular flexibility index (Phi) is 5.10. The van der Waals surface area contributed by atoms with Crippen molar-refractivity contribution in [2.24, 2.45) is 0 Å². The van der Waals surface area contributed by atoms with E-state index in [4.69, 9.17) is 9.47 Å². The lowest BCUT2D eigenvalue weighted by Crippen LogP contribution is -2.43. The van der Waals surface area contributed by atoms with Gasteiger partial charge >= 0.3 is 0 Å². The smallest absolute Gasteiger partial charge is 0.237 e. The minimum absolute atomic E-state index is 0.201. The number of rotatable bonds is 5. The number of hydrogen-bond donors (Lipinski definition) is 0. The van der Waals surface area contributed by atoms with Crippen LogP contribution in [0.1, 0.15) is 12.5 Å². The van der Waals surface area contributed by atoms with Gasteiger partial charge in [0.1, 0.15) is 0 Å². The van der Waals surface area contributed by atoms with Gasteiger partial charge in [0.2, 0.25) is 12.7 Å². The second-order valence-electron chi connectivity index (χ2n) is 5.48. The summed E-state index contributed by atoms with van der Waals surface area (Å²) in [5.41, 5.74) is 1.08. The van der Waals surface area contributed by atoms with Gasteiger partial charge in [-0.3, -0.25) is 9.69 Å². The molecular weight excluding hydrogens is 300 g/mol. The van der Waals surface area contributed by atoms with Gasteiger partial charge in [0.25, 0.3) is 0 Å². The SMILES string of the molecule is CCN(Cc1ccc2c(c1)OCO2)C(=O)CN1CCSCC1. The Morgan fingerprint density at radius 1 is 1.27 bits per heavy atom. The Morgan fingerprint density at radius 2 is 2.05 bits per heavy atom. The van der Waals surface area contributed by atoms with Crippen LogP contribution in [0.3, 0.4) is 0 Å². The van der Waals surface area contributed by atoms with E-state index in [2.05, 4.69) is 4.90 Å². The van der Waals surface area contributed by atoms with E-state index in [1.807, 2.05) is 41.8 Å². The summed E-state index contributed by atoms with van der Waals surface area (Å²) >= 11 is 1.96. The number of hydrogen-bond acceptors (Lipinski definition) is 5. The van der Waals surface area contributed by atoms with Crippen LogP contribution in [0.15, 0.2) is 18.2 Å². The van der Waals surface area contributed by atoms with Gasteiger partial charge in [0, 0.05) is 37.7 Å². The van der Waals surface area contributed by atoms with Crippen molar-refractivity contribution in [3.05, 3.63) is 23.8 Å². The number of ether oxygens (including phenoxy) is 2. The summed E-state index contributed by atoms with van der Waals surface area (Å²) in [6, 6.07) is 5.88. The van der Waals surface area contributed by atoms with Gasteiger partial charge in [-0.15, -0.1) is 0 Å². The first kappa shape index (κ1) is 15.5. The van der Waals surface area contributed by atoms with Crippen molar-refractivity contribution in [2.45, 2.75) is 13.5 Å². The Morgan fingerprint density at radius 3 is 2.82 bits per heavy atom. The third kappa shape index (κ3) is 3.67. The molecule has 0 atom stereocenters. The number of fused-ring (bicyclic) bond motifs is 1. The molecule has 22 heavy (non-hydrogen) atoms. The standard InChI is InChI=1S/C16H22N2O3S/c1-2-18(16(19)11-17-5-7-22-8-6-17)10-13-3-4-14-15(9-13)21-12-20-14/h3-4,9H,2,5-8,10-12H2,1H3. The number of benzene rings is 1. The molecule has 0 unspecified atom stereocenters. The Labute approximate surface area is 135 Å². The number of carbonyl (C=O) groups excluding carboxylic acids is 1. The number of thioether (sulfide) groups is 1. The van der Waals surface area contributed by atoms with Crippen LogP contribution in [0.4, 0.5) is 0 Å². The van der Waals surface area contributed by atoms with Gasteiger partial charge in [0.15, 0.2) is 11.5 Å². The maximum absolute atomic E-state index is 12.5. The van der Waals surface area contributed by atoms with Crippen LogP contribution in [0.2, 0.25) is 0 Å². The fourth-order valence-electron chi connectivity index (χ4n) is 2.69. The number of nitrogens with zero attached hydrogens (tertiary/aromatic N) is 2. The molecule has 2 aliphatic heterocycles. The number of carbonyl (C=O) groups is 1. The molecule has 1 fully saturated rings. The summed E-state index contributed by atoms with van der Waals surface area (Å²) in [6.07, 6.45) is 0. The number of likely N-dealkylation sites (N-methyl/N-ethyl adjacent to an activating group) is 1. The quantitative estimate of drug-likeness (QED) is 0.827. The summed E-state index contributed by atoms with van der Waals surface area (Å²) in [4.78, 5) is 16.7. The average Bonchev–Trinajstić information content (AvgIpc) is 3.01. The molecular formula is C16H22N2O3S. The first-order chi connectivity index (χ1) is 10.8. The normalized spacial score (nSPS) is 17.5. The largest absolute Gasteiger partial charge is 0.454 e. The molecule has 0 spiro atoms. The van der Waals surface area contributed by atoms with Crippen molar-refractivity contribution >= 4 is 17.7 Å². The van der Waals surface area contributed by atoms with E-state index in [0.717, 1.165) is 48.2 Å². The molecule has 0 aliphatic carbocycles. The highest BCUT2D eigenvalue weighted by Crippen LogP contribution is 2.32. The first-order valence-corrected chi connectivity index (χ1v) is 8.88. The lowest BCUT2D eigenvalue weighted by Gasteiger charge is -2.29. The van der Waals surface area contributed by atoms with Crippen LogP contribution in [0, 0.1) is 0 Å². The summed E-state index contributed by atoms with van der Waals surface area (Å²) in [7, 11) is 0. The van der Waals surface area contributed by atoms with Gasteiger partial charge in [-0.2, -0.15) is 11.8 Å². The van der Waals surface area contributed by atoms with Gasteiger partial charge in [-0.1, -0.05) is 6.07 Å². The van der Waals surface area contributed by atoms with Crippen molar-refractivity contribution in [3.63, 3.8) is 0 Å². The molecule has 5 nitrogen and oxygen atoms in total. The summed E-state index contributed by atoms with van der Waals surface area (Å²) in [6.45, 7) is 6.19. The summed E-state index contributed by atoms with van der Waals surface area (Å²) in [5.74, 6) is 4.01. The highest BCUT2D eigenvalue weighted by molar-refractivity contribution is 7.99. The average molecular weight is 322 g/mol. The van der Waals surface area contributed by atoms with Crippen LogP contribution < -0.4 is 9.47 Å². The topological polar surface area (TPSA) is 42.0 Å². The van der Waals surface area contributed by atoms with E-state index in [1.54, 1.807) is 0 Å². The zero-order valence-electron chi connectivity index (χ0n) is 12.9. The van der Waals surface area contributed by atoms with Crippen LogP contribution in [0.5, 0.6) is 11.5 Å². The van der Waals surface area contributed by atoms with E-state index in [-0.39, 0.29) is 12.7 Å². The van der Waals surface area contributed by atoms with Gasteiger partial charge < -0.3 is 14.4 Å². The molecule has 2 aliphatic rings. The molecule has 1 aromatic rings. The minimum Gasteiger partial charge on any atom is -0.454 e. The highest BCUT2D eigenvalue weighted by Gasteiger charge is 2.19. The Balaban J connectivity index is 1.59. The fraction of sp³-hybridized carbons (Fsp3) is 0.562. The molecule has 6 heteroatoms. The first-order valence-electron chi connectivity index (χ1n) is 7.72. The maximum atomic E-state index is 12.5. The lowest BCUT2D eigenvalue weighted by atomic mass is 10.2. The minimum atomic E-state index is 0.201. The molecule has 0 saturated carbocycles. The predicted molar refractivity (Wildman–Crippen MR) is 87.4 cm³/mol. The zero-order valence-corrected chi connectivity index (χ0v) is 13.7. The van der Waals surface area contributed by atoms with E-state index < -0.39 is 0 Å². The molecule has 0 bridgehead atoms. The summed E-state index contributed by atoms with van der Waals surface area (Å²) in [5, 5.41) is 0. The van der Waals surface area contributed by atoms with Crippen molar-refractivity contribution in [1.29, 1.82) is 0 Å². The predicted octanol–water partition coefficient (Wildman–Crippen LogP) is 1.81. The summed E-state index contributed by atoms with van der Waals surface area (Å²) < 4.78 is 10.7. The van der Waals surface area contributed by atoms with Crippen LogP contribution >= 0.6 is 11.8 Å². The molecule has 120 valence electrons. The molecule has 0 radical (unpaired) electrons. The zero-order chi connectivity index (χ0) is 15.4. The molecule has 1 amide bonds. The van der Waals surface area contributed by atoms with Crippen molar-refractivity contribution in [2.75, 3.05) is 44.5 Å². The molecule has 0 aromatic heterocycles. The van der Waals surface area contributed by atoms with E-state index in [9.17, 15) is 4.79 Å². The third-order valence-electron chi connectivity index (χ3n) is 4.01. The lowest BCUT2D eigenvalue weighted by molar-refractivity contribution is -0.132. The van der Waals surface area contributed by atoms with Crippen molar-refractivity contribution in [1.82, 2.24) is 9.80 Å². The van der Waals surface area contributed by atoms with Gasteiger partial charge in [0.05, 0.1) is 6.54 Å². The van der Waals surface area contributed by atoms with E-state index >= 15 is 0 Å². The molecule has 2 heterocycles. The second kappa shape index (κ2) is 7.24. The maximum Gasteiger partial charge on any atom is 0.237 e. The van der Waals surface area contributed by atoms with Crippen LogP contribution in [-0.2, 0) is 11.3 Å². The third-order valence-corrected chi connectivity index (χ3v) is 4.95. The molecule has 1 aromatic carbocycles. The highest BCUT2D eigenvalue weighted by atomic mass is 32.2. The van der Waals surface area contributed by atoms with Crippen molar-refractivity contribution < 1.29 is 14.3 Å².